The number of likely N-dealkylation sites (N-methyl/N-ethyl adjacent to an activating group) is 1. The lowest BCUT2D eigenvalue weighted by Gasteiger charge is -2.20. The number of nitrogens with zero attached hydrogens (tertiary/aromatic N) is 1. The monoisotopic (exact) mass is 310 g/mol. The van der Waals surface area contributed by atoms with Gasteiger partial charge in [-0.2, -0.15) is 0 Å². The maximum atomic E-state index is 12.5. The lowest BCUT2D eigenvalue weighted by atomic mass is 10.00. The van der Waals surface area contributed by atoms with Gasteiger partial charge in [0.15, 0.2) is 0 Å². The van der Waals surface area contributed by atoms with Crippen molar-refractivity contribution in [3.05, 3.63) is 23.8 Å². The van der Waals surface area contributed by atoms with Gasteiger partial charge in [0.2, 0.25) is 15.9 Å². The van der Waals surface area contributed by atoms with Crippen LogP contribution in [0.1, 0.15) is 24.3 Å². The van der Waals surface area contributed by atoms with Gasteiger partial charge in [0, 0.05) is 19.2 Å². The number of hydrogen-bond donors (Lipinski definition) is 1. The van der Waals surface area contributed by atoms with Crippen LogP contribution in [0.4, 0.5) is 0 Å². The van der Waals surface area contributed by atoms with E-state index >= 15 is 0 Å². The molecule has 1 aliphatic heterocycles. The van der Waals surface area contributed by atoms with Crippen molar-refractivity contribution in [2.45, 2.75) is 23.7 Å². The number of carbonyl (C=O) groups is 1. The molecule has 7 heteroatoms. The van der Waals surface area contributed by atoms with Crippen LogP contribution in [-0.4, -0.2) is 39.4 Å². The molecule has 0 bridgehead atoms. The number of amides is 1. The molecule has 0 radical (unpaired) electrons. The van der Waals surface area contributed by atoms with Crippen LogP contribution >= 0.6 is 0 Å². The van der Waals surface area contributed by atoms with Gasteiger partial charge < -0.3 is 9.64 Å². The molecule has 1 unspecified atom stereocenters. The van der Waals surface area contributed by atoms with E-state index in [0.717, 1.165) is 6.54 Å². The zero-order chi connectivity index (χ0) is 15.2. The first-order valence-corrected chi connectivity index (χ1v) is 8.45. The van der Waals surface area contributed by atoms with E-state index in [1.165, 1.54) is 25.0 Å². The van der Waals surface area contributed by atoms with Crippen LogP contribution in [-0.2, 0) is 14.8 Å². The van der Waals surface area contributed by atoms with Gasteiger partial charge in [0.05, 0.1) is 4.90 Å². The average molecular weight is 310 g/mol. The summed E-state index contributed by atoms with van der Waals surface area (Å²) in [5.41, 5.74) is 0.606. The number of ether oxygens (including phenoxy) is 1. The Morgan fingerprint density at radius 3 is 2.76 bits per heavy atom. The van der Waals surface area contributed by atoms with E-state index in [0.29, 0.717) is 17.2 Å². The van der Waals surface area contributed by atoms with Crippen molar-refractivity contribution in [2.75, 3.05) is 20.2 Å². The van der Waals surface area contributed by atoms with Crippen LogP contribution in [0, 0.1) is 5.92 Å². The summed E-state index contributed by atoms with van der Waals surface area (Å²) in [5, 5.41) is 5.14. The highest BCUT2D eigenvalue weighted by atomic mass is 32.2. The molecule has 1 amide bonds. The van der Waals surface area contributed by atoms with Gasteiger partial charge in [-0.3, -0.25) is 4.79 Å². The molecule has 1 aromatic carbocycles. The molecule has 1 aliphatic carbocycles. The smallest absolute Gasteiger partial charge is 0.238 e. The Bertz CT molecular complexity index is 682. The number of carbonyl (C=O) groups excluding carboxylic acids is 1. The Balaban J connectivity index is 1.86. The highest BCUT2D eigenvalue weighted by Crippen LogP contribution is 2.37. The number of nitrogens with two attached hydrogens (primary N) is 1. The Hall–Kier alpha value is -1.60. The minimum absolute atomic E-state index is 0.00870. The van der Waals surface area contributed by atoms with Gasteiger partial charge in [0.1, 0.15) is 18.3 Å². The van der Waals surface area contributed by atoms with Crippen molar-refractivity contribution in [1.82, 2.24) is 4.90 Å². The molecule has 3 rings (SSSR count). The van der Waals surface area contributed by atoms with Gasteiger partial charge in [-0.05, 0) is 37.0 Å². The Morgan fingerprint density at radius 2 is 2.14 bits per heavy atom. The summed E-state index contributed by atoms with van der Waals surface area (Å²) >= 11 is 0. The molecule has 0 spiro atoms. The van der Waals surface area contributed by atoms with Crippen molar-refractivity contribution in [3.8, 4) is 5.75 Å². The average Bonchev–Trinajstić information content (AvgIpc) is 3.13. The molecule has 1 aromatic rings. The first-order chi connectivity index (χ1) is 9.86. The third-order valence-electron chi connectivity index (χ3n) is 3.99. The zero-order valence-corrected chi connectivity index (χ0v) is 12.6. The van der Waals surface area contributed by atoms with E-state index in [-0.39, 0.29) is 17.4 Å². The molecule has 21 heavy (non-hydrogen) atoms. The van der Waals surface area contributed by atoms with Gasteiger partial charge in [-0.1, -0.05) is 0 Å². The minimum Gasteiger partial charge on any atom is -0.492 e. The van der Waals surface area contributed by atoms with Crippen LogP contribution in [0.5, 0.6) is 5.75 Å². The van der Waals surface area contributed by atoms with Crippen LogP contribution in [0.25, 0.3) is 0 Å². The predicted molar refractivity (Wildman–Crippen MR) is 76.4 cm³/mol. The first-order valence-electron chi connectivity index (χ1n) is 6.91. The second-order valence-electron chi connectivity index (χ2n) is 5.77. The summed E-state index contributed by atoms with van der Waals surface area (Å²) in [7, 11) is -2.00. The Labute approximate surface area is 123 Å². The topological polar surface area (TPSA) is 89.7 Å². The van der Waals surface area contributed by atoms with Crippen LogP contribution in [0.3, 0.4) is 0 Å². The van der Waals surface area contributed by atoms with E-state index < -0.39 is 15.9 Å². The molecule has 2 N–H and O–H groups in total. The number of rotatable bonds is 4. The SMILES string of the molecule is CN(CC1CC1)C(=O)C1COc2ccc(S(N)(=O)=O)cc21. The van der Waals surface area contributed by atoms with Gasteiger partial charge in [-0.25, -0.2) is 13.6 Å². The maximum Gasteiger partial charge on any atom is 0.238 e. The lowest BCUT2D eigenvalue weighted by molar-refractivity contribution is -0.131. The Kier molecular flexibility index (Phi) is 3.41. The van der Waals surface area contributed by atoms with Crippen LogP contribution in [0.2, 0.25) is 0 Å². The Morgan fingerprint density at radius 1 is 1.43 bits per heavy atom. The summed E-state index contributed by atoms with van der Waals surface area (Å²) in [6.07, 6.45) is 2.34. The van der Waals surface area contributed by atoms with Crippen molar-refractivity contribution in [3.63, 3.8) is 0 Å². The van der Waals surface area contributed by atoms with Gasteiger partial charge in [0.25, 0.3) is 0 Å². The quantitative estimate of drug-likeness (QED) is 0.885. The zero-order valence-electron chi connectivity index (χ0n) is 11.8. The fraction of sp³-hybridized carbons (Fsp3) is 0.500. The molecular formula is C14H18N2O4S. The molecule has 1 atom stereocenters. The third-order valence-corrected chi connectivity index (χ3v) is 4.91. The first kappa shape index (κ1) is 14.3. The lowest BCUT2D eigenvalue weighted by Crippen LogP contribution is -2.34. The fourth-order valence-corrected chi connectivity index (χ4v) is 3.17. The van der Waals surface area contributed by atoms with Crippen LogP contribution in [0.15, 0.2) is 23.1 Å². The van der Waals surface area contributed by atoms with Crippen molar-refractivity contribution in [1.29, 1.82) is 0 Å². The van der Waals surface area contributed by atoms with E-state index in [1.807, 2.05) is 0 Å². The summed E-state index contributed by atoms with van der Waals surface area (Å²) < 4.78 is 28.4. The third kappa shape index (κ3) is 2.89. The second-order valence-corrected chi connectivity index (χ2v) is 7.33. The molecule has 6 nitrogen and oxygen atoms in total. The molecule has 1 fully saturated rings. The van der Waals surface area contributed by atoms with Crippen molar-refractivity contribution in [2.24, 2.45) is 11.1 Å². The highest BCUT2D eigenvalue weighted by molar-refractivity contribution is 7.89. The van der Waals surface area contributed by atoms with Gasteiger partial charge in [-0.15, -0.1) is 0 Å². The molecular weight excluding hydrogens is 292 g/mol. The molecule has 0 aromatic heterocycles. The van der Waals surface area contributed by atoms with E-state index in [4.69, 9.17) is 9.88 Å². The number of hydrogen-bond acceptors (Lipinski definition) is 4. The van der Waals surface area contributed by atoms with E-state index in [1.54, 1.807) is 18.0 Å². The van der Waals surface area contributed by atoms with Crippen LogP contribution < -0.4 is 9.88 Å². The predicted octanol–water partition coefficient (Wildman–Crippen LogP) is 0.678. The fourth-order valence-electron chi connectivity index (χ4n) is 2.62. The molecule has 2 aliphatic rings. The number of benzene rings is 1. The highest BCUT2D eigenvalue weighted by Gasteiger charge is 2.35. The summed E-state index contributed by atoms with van der Waals surface area (Å²) in [6.45, 7) is 0.997. The molecule has 1 heterocycles. The number of primary sulfonamides is 1. The minimum atomic E-state index is -3.78. The number of sulfonamides is 1. The summed E-state index contributed by atoms with van der Waals surface area (Å²) in [5.74, 6) is 0.676. The molecule has 0 saturated heterocycles. The van der Waals surface area contributed by atoms with Crippen molar-refractivity contribution >= 4 is 15.9 Å². The second kappa shape index (κ2) is 4.99. The van der Waals surface area contributed by atoms with E-state index in [9.17, 15) is 13.2 Å². The molecule has 114 valence electrons. The number of fused-ring (bicyclic) bond motifs is 1. The van der Waals surface area contributed by atoms with Crippen molar-refractivity contribution < 1.29 is 17.9 Å². The maximum absolute atomic E-state index is 12.5. The largest absolute Gasteiger partial charge is 0.492 e. The summed E-state index contributed by atoms with van der Waals surface area (Å²) in [6, 6.07) is 4.41. The van der Waals surface area contributed by atoms with E-state index in [2.05, 4.69) is 0 Å². The standard InChI is InChI=1S/C14H18N2O4S/c1-16(7-9-2-3-9)14(17)12-8-20-13-5-4-10(6-11(12)13)21(15,18)19/h4-6,9,12H,2-3,7-8H2,1H3,(H2,15,18,19). The normalized spacial score (nSPS) is 20.8. The summed E-state index contributed by atoms with van der Waals surface area (Å²) in [4.78, 5) is 14.2. The molecule has 1 saturated carbocycles. The van der Waals surface area contributed by atoms with Gasteiger partial charge >= 0.3 is 0 Å².